The highest BCUT2D eigenvalue weighted by Crippen LogP contribution is 2.48. The van der Waals surface area contributed by atoms with Gasteiger partial charge >= 0.3 is 0 Å². The average Bonchev–Trinajstić information content (AvgIpc) is 3.16. The molecule has 1 aromatic rings. The largest absolute Gasteiger partial charge is 0.392 e. The summed E-state index contributed by atoms with van der Waals surface area (Å²) in [5.41, 5.74) is 9.01. The number of allylic oxidation sites excluding steroid dienone is 2. The maximum Gasteiger partial charge on any atom is 0.217 e. The topological polar surface area (TPSA) is 83.5 Å². The number of hydrogen-bond acceptors (Lipinski definition) is 3. The van der Waals surface area contributed by atoms with E-state index in [1.807, 2.05) is 18.2 Å². The van der Waals surface area contributed by atoms with E-state index in [9.17, 15) is 15.0 Å². The maximum atomic E-state index is 10.8. The number of aryl methyl sites for hydroxylation is 1. The van der Waals surface area contributed by atoms with Crippen LogP contribution in [0.4, 0.5) is 0 Å². The highest BCUT2D eigenvalue weighted by Gasteiger charge is 2.43. The highest BCUT2D eigenvalue weighted by molar-refractivity contribution is 5.73. The van der Waals surface area contributed by atoms with Crippen LogP contribution in [0.25, 0.3) is 0 Å². The molecule has 0 aliphatic heterocycles. The van der Waals surface area contributed by atoms with Crippen molar-refractivity contribution in [3.05, 3.63) is 59.2 Å². The SMILES string of the molecule is Cc1cccc(C[C@H](O)C=C[C@@H]2[C@H]3CC(CCCCCC(N)=O)=C[C@H]3C[C@H]2O)c1. The van der Waals surface area contributed by atoms with Gasteiger partial charge in [-0.3, -0.25) is 4.79 Å². The third-order valence-electron chi connectivity index (χ3n) is 6.45. The Kier molecular flexibility index (Phi) is 7.68. The summed E-state index contributed by atoms with van der Waals surface area (Å²) < 4.78 is 0. The Labute approximate surface area is 174 Å². The highest BCUT2D eigenvalue weighted by atomic mass is 16.3. The average molecular weight is 398 g/mol. The van der Waals surface area contributed by atoms with Gasteiger partial charge in [-0.05, 0) is 56.4 Å². The van der Waals surface area contributed by atoms with Crippen LogP contribution in [0, 0.1) is 24.7 Å². The number of nitrogens with two attached hydrogens (primary N) is 1. The third kappa shape index (κ3) is 6.28. The van der Waals surface area contributed by atoms with Crippen molar-refractivity contribution in [1.29, 1.82) is 0 Å². The fraction of sp³-hybridized carbons (Fsp3) is 0.560. The van der Waals surface area contributed by atoms with Gasteiger partial charge in [0.15, 0.2) is 0 Å². The van der Waals surface area contributed by atoms with E-state index in [-0.39, 0.29) is 17.9 Å². The minimum Gasteiger partial charge on any atom is -0.392 e. The number of benzene rings is 1. The molecule has 0 unspecified atom stereocenters. The summed E-state index contributed by atoms with van der Waals surface area (Å²) in [6.07, 6.45) is 12.5. The molecule has 0 heterocycles. The third-order valence-corrected chi connectivity index (χ3v) is 6.45. The molecule has 1 amide bonds. The summed E-state index contributed by atoms with van der Waals surface area (Å²) in [7, 11) is 0. The van der Waals surface area contributed by atoms with Crippen LogP contribution in [-0.4, -0.2) is 28.3 Å². The molecule has 4 N–H and O–H groups in total. The monoisotopic (exact) mass is 397 g/mol. The summed E-state index contributed by atoms with van der Waals surface area (Å²) in [6, 6.07) is 8.23. The Hall–Kier alpha value is -1.91. The molecule has 0 saturated heterocycles. The van der Waals surface area contributed by atoms with E-state index in [0.29, 0.717) is 24.7 Å². The number of aliphatic hydroxyl groups is 2. The number of unbranched alkanes of at least 4 members (excludes halogenated alkanes) is 2. The first kappa shape index (κ1) is 21.8. The molecule has 1 aromatic carbocycles. The van der Waals surface area contributed by atoms with Crippen molar-refractivity contribution in [2.24, 2.45) is 23.5 Å². The number of carbonyl (C=O) groups excluding carboxylic acids is 1. The number of amides is 1. The molecule has 2 aliphatic carbocycles. The lowest BCUT2D eigenvalue weighted by Crippen LogP contribution is -2.18. The zero-order valence-electron chi connectivity index (χ0n) is 17.5. The van der Waals surface area contributed by atoms with Gasteiger partial charge in [-0.1, -0.05) is 60.1 Å². The van der Waals surface area contributed by atoms with Gasteiger partial charge in [0.1, 0.15) is 0 Å². The van der Waals surface area contributed by atoms with E-state index < -0.39 is 6.10 Å². The van der Waals surface area contributed by atoms with Crippen molar-refractivity contribution in [3.63, 3.8) is 0 Å². The lowest BCUT2D eigenvalue weighted by molar-refractivity contribution is -0.118. The number of carbonyl (C=O) groups is 1. The van der Waals surface area contributed by atoms with Crippen LogP contribution in [0.2, 0.25) is 0 Å². The molecule has 4 nitrogen and oxygen atoms in total. The molecule has 0 radical (unpaired) electrons. The number of fused-ring (bicyclic) bond motifs is 1. The summed E-state index contributed by atoms with van der Waals surface area (Å²) in [5, 5.41) is 20.9. The predicted octanol–water partition coefficient (Wildman–Crippen LogP) is 3.83. The molecule has 1 fully saturated rings. The van der Waals surface area contributed by atoms with E-state index in [4.69, 9.17) is 5.73 Å². The standard InChI is InChI=1S/C25H35NO3/c1-17-6-5-8-18(12-17)14-21(27)10-11-22-23-15-19(13-20(23)16-24(22)28)7-3-2-4-9-25(26)29/h5-6,8,10-13,20-24,27-28H,2-4,7,9,14-16H2,1H3,(H2,26,29)/t20-,21+,22+,23-,24+/m0/s1. The zero-order chi connectivity index (χ0) is 20.8. The summed E-state index contributed by atoms with van der Waals surface area (Å²) in [4.78, 5) is 10.8. The Morgan fingerprint density at radius 1 is 1.31 bits per heavy atom. The quantitative estimate of drug-likeness (QED) is 0.414. The molecular formula is C25H35NO3. The second kappa shape index (κ2) is 10.2. The number of aliphatic hydroxyl groups excluding tert-OH is 2. The normalized spacial score (nSPS) is 27.2. The van der Waals surface area contributed by atoms with Gasteiger partial charge in [0.25, 0.3) is 0 Å². The minimum atomic E-state index is -0.526. The Balaban J connectivity index is 1.47. The first-order valence-electron chi connectivity index (χ1n) is 11.0. The van der Waals surface area contributed by atoms with Gasteiger partial charge < -0.3 is 15.9 Å². The molecule has 0 spiro atoms. The summed E-state index contributed by atoms with van der Waals surface area (Å²) >= 11 is 0. The second-order valence-corrected chi connectivity index (χ2v) is 8.91. The fourth-order valence-corrected chi connectivity index (χ4v) is 5.02. The summed E-state index contributed by atoms with van der Waals surface area (Å²) in [6.45, 7) is 2.06. The van der Waals surface area contributed by atoms with Gasteiger partial charge in [0.05, 0.1) is 12.2 Å². The molecule has 3 rings (SSSR count). The van der Waals surface area contributed by atoms with E-state index in [2.05, 4.69) is 31.2 Å². The van der Waals surface area contributed by atoms with Crippen LogP contribution in [0.15, 0.2) is 48.1 Å². The first-order valence-corrected chi connectivity index (χ1v) is 11.0. The molecule has 4 heteroatoms. The van der Waals surface area contributed by atoms with E-state index in [1.165, 1.54) is 11.1 Å². The molecule has 158 valence electrons. The Morgan fingerprint density at radius 3 is 2.90 bits per heavy atom. The van der Waals surface area contributed by atoms with Crippen molar-refractivity contribution >= 4 is 5.91 Å². The van der Waals surface area contributed by atoms with Crippen LogP contribution >= 0.6 is 0 Å². The smallest absolute Gasteiger partial charge is 0.217 e. The van der Waals surface area contributed by atoms with Gasteiger partial charge in [-0.2, -0.15) is 0 Å². The van der Waals surface area contributed by atoms with E-state index in [1.54, 1.807) is 0 Å². The van der Waals surface area contributed by atoms with Gasteiger partial charge in [0.2, 0.25) is 5.91 Å². The van der Waals surface area contributed by atoms with Crippen molar-refractivity contribution < 1.29 is 15.0 Å². The predicted molar refractivity (Wildman–Crippen MR) is 116 cm³/mol. The van der Waals surface area contributed by atoms with Crippen LogP contribution in [-0.2, 0) is 11.2 Å². The number of primary amides is 1. The molecule has 1 saturated carbocycles. The molecule has 29 heavy (non-hydrogen) atoms. The molecule has 2 aliphatic rings. The lowest BCUT2D eigenvalue weighted by Gasteiger charge is -2.19. The van der Waals surface area contributed by atoms with Crippen LogP contribution < -0.4 is 5.73 Å². The van der Waals surface area contributed by atoms with Crippen molar-refractivity contribution in [2.45, 2.75) is 70.5 Å². The summed E-state index contributed by atoms with van der Waals surface area (Å²) in [5.74, 6) is 0.811. The van der Waals surface area contributed by atoms with Gasteiger partial charge in [0, 0.05) is 18.8 Å². The van der Waals surface area contributed by atoms with Crippen molar-refractivity contribution in [2.75, 3.05) is 0 Å². The lowest BCUT2D eigenvalue weighted by atomic mass is 9.88. The van der Waals surface area contributed by atoms with Gasteiger partial charge in [-0.15, -0.1) is 0 Å². The van der Waals surface area contributed by atoms with Crippen LogP contribution in [0.3, 0.4) is 0 Å². The van der Waals surface area contributed by atoms with E-state index in [0.717, 1.165) is 44.1 Å². The number of rotatable bonds is 10. The van der Waals surface area contributed by atoms with Crippen molar-refractivity contribution in [1.82, 2.24) is 0 Å². The molecule has 0 bridgehead atoms. The number of hydrogen-bond donors (Lipinski definition) is 3. The maximum absolute atomic E-state index is 10.8. The molecule has 5 atom stereocenters. The Bertz CT molecular complexity index is 754. The Morgan fingerprint density at radius 2 is 2.14 bits per heavy atom. The van der Waals surface area contributed by atoms with Crippen LogP contribution in [0.1, 0.15) is 56.1 Å². The fourth-order valence-electron chi connectivity index (χ4n) is 5.02. The minimum absolute atomic E-state index is 0.121. The van der Waals surface area contributed by atoms with Gasteiger partial charge in [-0.25, -0.2) is 0 Å². The van der Waals surface area contributed by atoms with Crippen molar-refractivity contribution in [3.8, 4) is 0 Å². The molecule has 0 aromatic heterocycles. The van der Waals surface area contributed by atoms with Crippen LogP contribution in [0.5, 0.6) is 0 Å². The second-order valence-electron chi connectivity index (χ2n) is 8.91. The zero-order valence-corrected chi connectivity index (χ0v) is 17.5. The first-order chi connectivity index (χ1) is 13.9. The van der Waals surface area contributed by atoms with E-state index >= 15 is 0 Å². The molecular weight excluding hydrogens is 362 g/mol.